The fourth-order valence-electron chi connectivity index (χ4n) is 7.70. The van der Waals surface area contributed by atoms with Gasteiger partial charge in [0.25, 0.3) is 0 Å². The van der Waals surface area contributed by atoms with Crippen LogP contribution in [-0.2, 0) is 28.6 Å². The number of esters is 3. The third-order valence-corrected chi connectivity index (χ3v) is 11.8. The van der Waals surface area contributed by atoms with Gasteiger partial charge in [0.2, 0.25) is 0 Å². The molecule has 0 spiro atoms. The molecule has 1 unspecified atom stereocenters. The largest absolute Gasteiger partial charge is 0.462 e. The molecule has 0 aliphatic rings. The fourth-order valence-corrected chi connectivity index (χ4v) is 7.70. The van der Waals surface area contributed by atoms with E-state index in [1.807, 2.05) is 0 Å². The Bertz CT molecular complexity index is 1170. The normalized spacial score (nSPS) is 12.5. The molecule has 0 heterocycles. The Morgan fingerprint density at radius 1 is 0.328 bits per heavy atom. The van der Waals surface area contributed by atoms with Crippen molar-refractivity contribution in [3.05, 3.63) is 60.8 Å². The molecule has 0 radical (unpaired) electrons. The zero-order valence-corrected chi connectivity index (χ0v) is 42.3. The zero-order chi connectivity index (χ0) is 46.5. The molecule has 6 heteroatoms. The van der Waals surface area contributed by atoms with Gasteiger partial charge in [0.05, 0.1) is 0 Å². The van der Waals surface area contributed by atoms with E-state index in [2.05, 4.69) is 81.5 Å². The number of ether oxygens (including phenoxy) is 3. The van der Waals surface area contributed by atoms with Crippen molar-refractivity contribution in [1.29, 1.82) is 0 Å². The number of unbranched alkanes of at least 4 members (excludes halogenated alkanes) is 28. The first-order valence-corrected chi connectivity index (χ1v) is 27.3. The summed E-state index contributed by atoms with van der Waals surface area (Å²) in [7, 11) is 0. The van der Waals surface area contributed by atoms with Crippen LogP contribution in [0.1, 0.15) is 271 Å². The van der Waals surface area contributed by atoms with Crippen molar-refractivity contribution >= 4 is 17.9 Å². The van der Waals surface area contributed by atoms with Gasteiger partial charge in [0.1, 0.15) is 13.2 Å². The Morgan fingerprint density at radius 2 is 0.609 bits per heavy atom. The number of hydrogen-bond donors (Lipinski definition) is 0. The lowest BCUT2D eigenvalue weighted by Gasteiger charge is -2.18. The third-order valence-electron chi connectivity index (χ3n) is 11.8. The van der Waals surface area contributed by atoms with Gasteiger partial charge in [0, 0.05) is 19.3 Å². The first-order chi connectivity index (χ1) is 31.5. The minimum Gasteiger partial charge on any atom is -0.462 e. The first kappa shape index (κ1) is 61.1. The highest BCUT2D eigenvalue weighted by Gasteiger charge is 2.19. The van der Waals surface area contributed by atoms with Gasteiger partial charge in [-0.2, -0.15) is 0 Å². The first-order valence-electron chi connectivity index (χ1n) is 27.3. The molecule has 0 saturated carbocycles. The van der Waals surface area contributed by atoms with E-state index in [-0.39, 0.29) is 31.1 Å². The SMILES string of the molecule is CC/C=C\C/C=C\C/C=C\C/C=C\C/C=C\CCCCCCCCCCCCCC(=O)OCC(COC(=O)CCCCCCC)OC(=O)CCCCCCCCCCCCCCCC. The molecule has 0 aliphatic carbocycles. The van der Waals surface area contributed by atoms with Gasteiger partial charge in [0.15, 0.2) is 6.10 Å². The molecule has 370 valence electrons. The summed E-state index contributed by atoms with van der Waals surface area (Å²) in [4.78, 5) is 37.7. The van der Waals surface area contributed by atoms with E-state index in [4.69, 9.17) is 14.2 Å². The van der Waals surface area contributed by atoms with Crippen LogP contribution in [0, 0.1) is 0 Å². The molecule has 0 amide bonds. The summed E-state index contributed by atoms with van der Waals surface area (Å²) in [5, 5.41) is 0. The van der Waals surface area contributed by atoms with E-state index in [1.54, 1.807) is 0 Å². The van der Waals surface area contributed by atoms with E-state index in [9.17, 15) is 14.4 Å². The summed E-state index contributed by atoms with van der Waals surface area (Å²) >= 11 is 0. The van der Waals surface area contributed by atoms with Gasteiger partial charge in [-0.3, -0.25) is 14.4 Å². The average Bonchev–Trinajstić information content (AvgIpc) is 3.29. The number of carbonyl (C=O) groups excluding carboxylic acids is 3. The molecule has 1 atom stereocenters. The lowest BCUT2D eigenvalue weighted by Crippen LogP contribution is -2.30. The predicted octanol–water partition coefficient (Wildman–Crippen LogP) is 18.0. The lowest BCUT2D eigenvalue weighted by atomic mass is 10.0. The minimum absolute atomic E-state index is 0.0728. The lowest BCUT2D eigenvalue weighted by molar-refractivity contribution is -0.167. The van der Waals surface area contributed by atoms with E-state index >= 15 is 0 Å². The van der Waals surface area contributed by atoms with Crippen molar-refractivity contribution < 1.29 is 28.6 Å². The summed E-state index contributed by atoms with van der Waals surface area (Å²) in [5.41, 5.74) is 0. The minimum atomic E-state index is -0.768. The maximum absolute atomic E-state index is 12.7. The Balaban J connectivity index is 4.05. The van der Waals surface area contributed by atoms with Crippen molar-refractivity contribution in [1.82, 2.24) is 0 Å². The smallest absolute Gasteiger partial charge is 0.306 e. The average molecular weight is 895 g/mol. The van der Waals surface area contributed by atoms with Crippen molar-refractivity contribution in [2.75, 3.05) is 13.2 Å². The summed E-state index contributed by atoms with van der Waals surface area (Å²) < 4.78 is 16.7. The van der Waals surface area contributed by atoms with Gasteiger partial charge in [-0.1, -0.05) is 248 Å². The van der Waals surface area contributed by atoms with Gasteiger partial charge in [-0.05, 0) is 64.2 Å². The van der Waals surface area contributed by atoms with Crippen LogP contribution in [-0.4, -0.2) is 37.2 Å². The molecular formula is C58H102O6. The maximum Gasteiger partial charge on any atom is 0.306 e. The standard InChI is InChI=1S/C58H102O6/c1-4-7-10-13-15-17-19-21-23-24-25-26-27-28-29-30-31-32-33-34-35-37-38-40-42-45-48-51-57(60)63-54-55(53-62-56(59)50-47-44-12-9-6-3)64-58(61)52-49-46-43-41-39-36-22-20-18-16-14-11-8-5-2/h7,10,15,17,21,23,25-26,28-29,55H,4-6,8-9,11-14,16,18-20,22,24,27,30-54H2,1-3H3/b10-7-,17-15-,23-21-,26-25-,29-28-. The molecule has 0 aromatic rings. The zero-order valence-electron chi connectivity index (χ0n) is 42.3. The second kappa shape index (κ2) is 52.7. The summed E-state index contributed by atoms with van der Waals surface area (Å²) in [6.45, 7) is 6.46. The molecule has 64 heavy (non-hydrogen) atoms. The van der Waals surface area contributed by atoms with E-state index in [0.29, 0.717) is 19.3 Å². The molecule has 0 aromatic heterocycles. The summed E-state index contributed by atoms with van der Waals surface area (Å²) in [5.74, 6) is -0.881. The predicted molar refractivity (Wildman–Crippen MR) is 275 cm³/mol. The van der Waals surface area contributed by atoms with Crippen LogP contribution in [0.15, 0.2) is 60.8 Å². The molecule has 6 nitrogen and oxygen atoms in total. The van der Waals surface area contributed by atoms with Crippen LogP contribution in [0.25, 0.3) is 0 Å². The number of rotatable bonds is 49. The second-order valence-electron chi connectivity index (χ2n) is 18.1. The molecular weight excluding hydrogens is 793 g/mol. The Morgan fingerprint density at radius 3 is 0.953 bits per heavy atom. The highest BCUT2D eigenvalue weighted by molar-refractivity contribution is 5.71. The van der Waals surface area contributed by atoms with Gasteiger partial charge < -0.3 is 14.2 Å². The molecule has 0 aromatic carbocycles. The van der Waals surface area contributed by atoms with Crippen LogP contribution in [0.2, 0.25) is 0 Å². The van der Waals surface area contributed by atoms with Gasteiger partial charge in [-0.25, -0.2) is 0 Å². The Labute approximate surface area is 396 Å². The number of allylic oxidation sites excluding steroid dienone is 10. The monoisotopic (exact) mass is 895 g/mol. The van der Waals surface area contributed by atoms with Crippen molar-refractivity contribution in [3.63, 3.8) is 0 Å². The quantitative estimate of drug-likeness (QED) is 0.0262. The number of carbonyl (C=O) groups is 3. The Hall–Kier alpha value is -2.89. The highest BCUT2D eigenvalue weighted by Crippen LogP contribution is 2.16. The van der Waals surface area contributed by atoms with E-state index in [0.717, 1.165) is 96.3 Å². The van der Waals surface area contributed by atoms with Crippen LogP contribution < -0.4 is 0 Å². The summed E-state index contributed by atoms with van der Waals surface area (Å²) in [6, 6.07) is 0. The van der Waals surface area contributed by atoms with Crippen molar-refractivity contribution in [2.24, 2.45) is 0 Å². The van der Waals surface area contributed by atoms with Crippen molar-refractivity contribution in [2.45, 2.75) is 277 Å². The van der Waals surface area contributed by atoms with Crippen molar-refractivity contribution in [3.8, 4) is 0 Å². The van der Waals surface area contributed by atoms with Crippen LogP contribution in [0.5, 0.6) is 0 Å². The molecule has 0 bridgehead atoms. The maximum atomic E-state index is 12.7. The van der Waals surface area contributed by atoms with E-state index < -0.39 is 6.10 Å². The highest BCUT2D eigenvalue weighted by atomic mass is 16.6. The number of hydrogen-bond acceptors (Lipinski definition) is 6. The summed E-state index contributed by atoms with van der Waals surface area (Å²) in [6.07, 6.45) is 65.4. The molecule has 0 rings (SSSR count). The fraction of sp³-hybridized carbons (Fsp3) is 0.776. The molecule has 0 aliphatic heterocycles. The van der Waals surface area contributed by atoms with Crippen LogP contribution >= 0.6 is 0 Å². The van der Waals surface area contributed by atoms with Crippen LogP contribution in [0.4, 0.5) is 0 Å². The second-order valence-corrected chi connectivity index (χ2v) is 18.1. The van der Waals surface area contributed by atoms with E-state index in [1.165, 1.54) is 135 Å². The van der Waals surface area contributed by atoms with Gasteiger partial charge in [-0.15, -0.1) is 0 Å². The van der Waals surface area contributed by atoms with Crippen LogP contribution in [0.3, 0.4) is 0 Å². The Kier molecular flexibility index (Phi) is 50.4. The topological polar surface area (TPSA) is 78.9 Å². The van der Waals surface area contributed by atoms with Gasteiger partial charge >= 0.3 is 17.9 Å². The molecule has 0 N–H and O–H groups in total. The molecule has 0 fully saturated rings. The molecule has 0 saturated heterocycles. The third kappa shape index (κ3) is 50.1.